The van der Waals surface area contributed by atoms with Crippen LogP contribution >= 0.6 is 0 Å². The first kappa shape index (κ1) is 13.6. The van der Waals surface area contributed by atoms with E-state index < -0.39 is 0 Å². The third kappa shape index (κ3) is 2.28. The van der Waals surface area contributed by atoms with Gasteiger partial charge in [-0.3, -0.25) is 4.79 Å². The molecule has 0 radical (unpaired) electrons. The summed E-state index contributed by atoms with van der Waals surface area (Å²) in [5, 5.41) is 5.43. The van der Waals surface area contributed by atoms with Gasteiger partial charge in [0.05, 0.1) is 7.11 Å². The van der Waals surface area contributed by atoms with Crippen molar-refractivity contribution >= 4 is 27.8 Å². The fraction of sp³-hybridized carbons (Fsp3) is 0.235. The number of fused-ring (bicyclic) bond motifs is 3. The maximum Gasteiger partial charge on any atom is 0.324 e. The number of esters is 1. The highest BCUT2D eigenvalue weighted by Gasteiger charge is 2.20. The first-order chi connectivity index (χ1) is 10.3. The molecule has 21 heavy (non-hydrogen) atoms. The number of hydrogen-bond donors (Lipinski definition) is 1. The van der Waals surface area contributed by atoms with Gasteiger partial charge in [-0.25, -0.2) is 0 Å². The number of likely N-dealkylation sites (N-methyl/N-ethyl adjacent to an activating group) is 1. The van der Waals surface area contributed by atoms with Crippen molar-refractivity contribution in [1.29, 1.82) is 0 Å². The van der Waals surface area contributed by atoms with Crippen molar-refractivity contribution in [2.24, 2.45) is 0 Å². The number of methoxy groups -OCH3 is 1. The van der Waals surface area contributed by atoms with Crippen molar-refractivity contribution in [2.75, 3.05) is 14.2 Å². The van der Waals surface area contributed by atoms with Crippen LogP contribution in [0.1, 0.15) is 0 Å². The Labute approximate surface area is 123 Å². The zero-order chi connectivity index (χ0) is 14.8. The number of nitrogens with zero attached hydrogens (tertiary/aromatic N) is 1. The Morgan fingerprint density at radius 2 is 1.62 bits per heavy atom. The molecule has 0 bridgehead atoms. The molecule has 1 aromatic heterocycles. The smallest absolute Gasteiger partial charge is 0.324 e. The van der Waals surface area contributed by atoms with Crippen molar-refractivity contribution < 1.29 is 9.53 Å². The van der Waals surface area contributed by atoms with Crippen LogP contribution in [0, 0.1) is 0 Å². The molecule has 0 amide bonds. The minimum absolute atomic E-state index is 0.251. The quantitative estimate of drug-likeness (QED) is 0.748. The van der Waals surface area contributed by atoms with Crippen molar-refractivity contribution in [1.82, 2.24) is 9.88 Å². The number of rotatable bonds is 4. The normalized spacial score (nSPS) is 12.7. The lowest BCUT2D eigenvalue weighted by atomic mass is 10.2. The minimum atomic E-state index is -0.366. The summed E-state index contributed by atoms with van der Waals surface area (Å²) < 4.78 is 7.03. The SMILES string of the molecule is CNC(Cn1c2ccccc2c2ccccc21)C(=O)OC. The van der Waals surface area contributed by atoms with Crippen LogP contribution in [0.15, 0.2) is 48.5 Å². The third-order valence-corrected chi connectivity index (χ3v) is 3.88. The lowest BCUT2D eigenvalue weighted by Gasteiger charge is -2.16. The molecule has 4 nitrogen and oxygen atoms in total. The lowest BCUT2D eigenvalue weighted by molar-refractivity contribution is -0.143. The molecule has 0 saturated heterocycles. The Kier molecular flexibility index (Phi) is 3.62. The van der Waals surface area contributed by atoms with Crippen molar-refractivity contribution in [3.63, 3.8) is 0 Å². The van der Waals surface area contributed by atoms with E-state index in [1.54, 1.807) is 7.05 Å². The maximum absolute atomic E-state index is 11.8. The molecule has 0 spiro atoms. The second-order valence-corrected chi connectivity index (χ2v) is 5.01. The number of nitrogens with one attached hydrogen (secondary N) is 1. The summed E-state index contributed by atoms with van der Waals surface area (Å²) in [5.41, 5.74) is 2.26. The van der Waals surface area contributed by atoms with E-state index >= 15 is 0 Å². The maximum atomic E-state index is 11.8. The number of aromatic nitrogens is 1. The van der Waals surface area contributed by atoms with E-state index in [0.717, 1.165) is 11.0 Å². The minimum Gasteiger partial charge on any atom is -0.468 e. The molecule has 4 heteroatoms. The first-order valence-electron chi connectivity index (χ1n) is 6.97. The largest absolute Gasteiger partial charge is 0.468 e. The van der Waals surface area contributed by atoms with Gasteiger partial charge in [-0.2, -0.15) is 0 Å². The lowest BCUT2D eigenvalue weighted by Crippen LogP contribution is -2.38. The highest BCUT2D eigenvalue weighted by atomic mass is 16.5. The predicted octanol–water partition coefficient (Wildman–Crippen LogP) is 2.56. The van der Waals surface area contributed by atoms with E-state index in [0.29, 0.717) is 6.54 Å². The Bertz CT molecular complexity index is 738. The number of ether oxygens (including phenoxy) is 1. The molecular formula is C17H18N2O2. The van der Waals surface area contributed by atoms with E-state index in [-0.39, 0.29) is 12.0 Å². The Morgan fingerprint density at radius 3 is 2.10 bits per heavy atom. The molecule has 1 N–H and O–H groups in total. The van der Waals surface area contributed by atoms with Crippen LogP contribution in [0.5, 0.6) is 0 Å². The molecule has 2 aromatic carbocycles. The summed E-state index contributed by atoms with van der Waals surface area (Å²) in [6, 6.07) is 16.1. The fourth-order valence-corrected chi connectivity index (χ4v) is 2.81. The fourth-order valence-electron chi connectivity index (χ4n) is 2.81. The number of carbonyl (C=O) groups excluding carboxylic acids is 1. The molecule has 108 valence electrons. The Balaban J connectivity index is 2.17. The van der Waals surface area contributed by atoms with E-state index in [9.17, 15) is 4.79 Å². The second-order valence-electron chi connectivity index (χ2n) is 5.01. The van der Waals surface area contributed by atoms with Gasteiger partial charge in [0, 0.05) is 28.4 Å². The molecule has 0 aliphatic rings. The predicted molar refractivity (Wildman–Crippen MR) is 84.3 cm³/mol. The summed E-state index contributed by atoms with van der Waals surface area (Å²) in [4.78, 5) is 11.8. The van der Waals surface area contributed by atoms with Crippen molar-refractivity contribution in [2.45, 2.75) is 12.6 Å². The molecule has 3 aromatic rings. The summed E-state index contributed by atoms with van der Waals surface area (Å²) in [5.74, 6) is -0.251. The van der Waals surface area contributed by atoms with Gasteiger partial charge < -0.3 is 14.6 Å². The molecule has 1 heterocycles. The van der Waals surface area contributed by atoms with Crippen molar-refractivity contribution in [3.8, 4) is 0 Å². The Morgan fingerprint density at radius 1 is 1.10 bits per heavy atom. The van der Waals surface area contributed by atoms with Gasteiger partial charge in [0.2, 0.25) is 0 Å². The number of benzene rings is 2. The van der Waals surface area contributed by atoms with Gasteiger partial charge in [0.15, 0.2) is 0 Å². The van der Waals surface area contributed by atoms with Crippen LogP contribution in [0.2, 0.25) is 0 Å². The number of para-hydroxylation sites is 2. The number of hydrogen-bond acceptors (Lipinski definition) is 3. The second kappa shape index (κ2) is 5.58. The van der Waals surface area contributed by atoms with Crippen LogP contribution < -0.4 is 5.32 Å². The molecule has 1 unspecified atom stereocenters. The van der Waals surface area contributed by atoms with Gasteiger partial charge >= 0.3 is 5.97 Å². The summed E-state index contributed by atoms with van der Waals surface area (Å²) in [6.45, 7) is 0.539. The molecule has 1 atom stereocenters. The highest BCUT2D eigenvalue weighted by Crippen LogP contribution is 2.28. The van der Waals surface area contributed by atoms with E-state index in [1.165, 1.54) is 17.9 Å². The standard InChI is InChI=1S/C17H18N2O2/c1-18-14(17(20)21-2)11-19-15-9-5-3-7-12(15)13-8-4-6-10-16(13)19/h3-10,14,18H,11H2,1-2H3. The van der Waals surface area contributed by atoms with Gasteiger partial charge in [-0.1, -0.05) is 36.4 Å². The molecule has 0 aliphatic heterocycles. The monoisotopic (exact) mass is 282 g/mol. The summed E-state index contributed by atoms with van der Waals surface area (Å²) >= 11 is 0. The van der Waals surface area contributed by atoms with Gasteiger partial charge in [0.1, 0.15) is 6.04 Å². The van der Waals surface area contributed by atoms with Crippen LogP contribution in [-0.4, -0.2) is 30.7 Å². The number of carbonyl (C=O) groups is 1. The summed E-state index contributed by atoms with van der Waals surface area (Å²) in [6.07, 6.45) is 0. The van der Waals surface area contributed by atoms with Crippen molar-refractivity contribution in [3.05, 3.63) is 48.5 Å². The third-order valence-electron chi connectivity index (χ3n) is 3.88. The molecule has 3 rings (SSSR count). The Hall–Kier alpha value is -2.33. The van der Waals surface area contributed by atoms with Crippen LogP contribution in [0.4, 0.5) is 0 Å². The van der Waals surface area contributed by atoms with E-state index in [4.69, 9.17) is 4.74 Å². The van der Waals surface area contributed by atoms with Gasteiger partial charge in [-0.15, -0.1) is 0 Å². The molecule has 0 aliphatic carbocycles. The van der Waals surface area contributed by atoms with Gasteiger partial charge in [0.25, 0.3) is 0 Å². The molecule has 0 fully saturated rings. The summed E-state index contributed by atoms with van der Waals surface area (Å²) in [7, 11) is 3.19. The topological polar surface area (TPSA) is 43.3 Å². The first-order valence-corrected chi connectivity index (χ1v) is 6.97. The van der Waals surface area contributed by atoms with E-state index in [1.807, 2.05) is 24.3 Å². The van der Waals surface area contributed by atoms with Crippen LogP contribution in [-0.2, 0) is 16.1 Å². The highest BCUT2D eigenvalue weighted by molar-refractivity contribution is 6.08. The molecule has 0 saturated carbocycles. The van der Waals surface area contributed by atoms with Gasteiger partial charge in [-0.05, 0) is 19.2 Å². The van der Waals surface area contributed by atoms with Crippen LogP contribution in [0.25, 0.3) is 21.8 Å². The zero-order valence-electron chi connectivity index (χ0n) is 12.2. The average molecular weight is 282 g/mol. The van der Waals surface area contributed by atoms with E-state index in [2.05, 4.69) is 34.1 Å². The zero-order valence-corrected chi connectivity index (χ0v) is 12.2. The van der Waals surface area contributed by atoms with Crippen LogP contribution in [0.3, 0.4) is 0 Å². The molecular weight excluding hydrogens is 264 g/mol. The average Bonchev–Trinajstić information content (AvgIpc) is 2.86.